The average Bonchev–Trinajstić information content (AvgIpc) is 2.67. The highest BCUT2D eigenvalue weighted by molar-refractivity contribution is 6.05. The maximum atomic E-state index is 12.6. The Morgan fingerprint density at radius 2 is 1.89 bits per heavy atom. The van der Waals surface area contributed by atoms with Crippen LogP contribution < -0.4 is 14.8 Å². The van der Waals surface area contributed by atoms with Crippen LogP contribution in [-0.2, 0) is 16.1 Å². The molecule has 1 N–H and O–H groups in total. The number of ether oxygens (including phenoxy) is 3. The number of para-hydroxylation sites is 2. The van der Waals surface area contributed by atoms with E-state index in [2.05, 4.69) is 5.32 Å². The summed E-state index contributed by atoms with van der Waals surface area (Å²) in [4.78, 5) is 34.2. The number of esters is 1. The molecule has 0 unspecified atom stereocenters. The predicted octanol–water partition coefficient (Wildman–Crippen LogP) is 2.67. The monoisotopic (exact) mass is 388 g/mol. The number of nitro groups is 1. The van der Waals surface area contributed by atoms with Crippen molar-refractivity contribution in [3.63, 3.8) is 0 Å². The van der Waals surface area contributed by atoms with Crippen molar-refractivity contribution in [2.75, 3.05) is 25.6 Å². The molecule has 148 valence electrons. The smallest absolute Gasteiger partial charge is 0.344 e. The number of carbonyl (C=O) groups excluding carboxylic acids is 2. The van der Waals surface area contributed by atoms with Gasteiger partial charge in [0.05, 0.1) is 25.0 Å². The quantitative estimate of drug-likeness (QED) is 0.399. The van der Waals surface area contributed by atoms with Crippen LogP contribution in [-0.4, -0.2) is 37.1 Å². The molecule has 0 saturated carbocycles. The number of hydrogen-bond donors (Lipinski definition) is 1. The zero-order valence-electron chi connectivity index (χ0n) is 15.5. The third-order valence-electron chi connectivity index (χ3n) is 3.63. The zero-order chi connectivity index (χ0) is 20.5. The number of anilines is 1. The summed E-state index contributed by atoms with van der Waals surface area (Å²) in [7, 11) is 1.37. The Morgan fingerprint density at radius 3 is 2.57 bits per heavy atom. The van der Waals surface area contributed by atoms with Crippen LogP contribution in [0.5, 0.6) is 11.5 Å². The minimum absolute atomic E-state index is 0.245. The van der Waals surface area contributed by atoms with Crippen molar-refractivity contribution in [1.82, 2.24) is 0 Å². The van der Waals surface area contributed by atoms with Gasteiger partial charge in [-0.2, -0.15) is 0 Å². The van der Waals surface area contributed by atoms with Crippen LogP contribution in [0.2, 0.25) is 0 Å². The number of hydrogen-bond acceptors (Lipinski definition) is 7. The summed E-state index contributed by atoms with van der Waals surface area (Å²) >= 11 is 0. The largest absolute Gasteiger partial charge is 0.496 e. The van der Waals surface area contributed by atoms with Gasteiger partial charge in [0.15, 0.2) is 6.61 Å². The molecule has 2 aromatic carbocycles. The number of nitrogens with zero attached hydrogens (tertiary/aromatic N) is 1. The molecule has 0 fully saturated rings. The lowest BCUT2D eigenvalue weighted by Crippen LogP contribution is -2.17. The van der Waals surface area contributed by atoms with Crippen LogP contribution in [0.1, 0.15) is 22.8 Å². The first kappa shape index (κ1) is 20.7. The molecule has 0 aliphatic carbocycles. The summed E-state index contributed by atoms with van der Waals surface area (Å²) in [6.45, 7) is 1.24. The van der Waals surface area contributed by atoms with Gasteiger partial charge in [0, 0.05) is 10.5 Å². The van der Waals surface area contributed by atoms with Gasteiger partial charge in [-0.25, -0.2) is 4.79 Å². The van der Waals surface area contributed by atoms with Crippen molar-refractivity contribution in [3.05, 3.63) is 63.7 Å². The van der Waals surface area contributed by atoms with Crippen molar-refractivity contribution in [3.8, 4) is 11.5 Å². The Morgan fingerprint density at radius 1 is 1.14 bits per heavy atom. The molecule has 9 heteroatoms. The van der Waals surface area contributed by atoms with Crippen LogP contribution >= 0.6 is 0 Å². The molecular formula is C19H20N2O7. The molecule has 0 aromatic heterocycles. The van der Waals surface area contributed by atoms with Gasteiger partial charge in [-0.05, 0) is 37.3 Å². The van der Waals surface area contributed by atoms with E-state index < -0.39 is 23.3 Å². The van der Waals surface area contributed by atoms with Crippen LogP contribution in [0.3, 0.4) is 0 Å². The number of amides is 1. The molecule has 2 rings (SSSR count). The lowest BCUT2D eigenvalue weighted by atomic mass is 10.1. The van der Waals surface area contributed by atoms with Crippen LogP contribution in [0.25, 0.3) is 0 Å². The number of rotatable bonds is 9. The summed E-state index contributed by atoms with van der Waals surface area (Å²) in [5.41, 5.74) is 0.983. The molecule has 2 aromatic rings. The Kier molecular flexibility index (Phi) is 7.32. The zero-order valence-corrected chi connectivity index (χ0v) is 15.5. The molecule has 0 spiro atoms. The van der Waals surface area contributed by atoms with Gasteiger partial charge in [-0.15, -0.1) is 0 Å². The first-order valence-corrected chi connectivity index (χ1v) is 8.42. The lowest BCUT2D eigenvalue weighted by Gasteiger charge is -2.13. The molecule has 0 radical (unpaired) electrons. The third kappa shape index (κ3) is 5.70. The molecule has 0 saturated heterocycles. The summed E-state index contributed by atoms with van der Waals surface area (Å²) in [5.74, 6) is -0.426. The van der Waals surface area contributed by atoms with Gasteiger partial charge >= 0.3 is 5.97 Å². The van der Waals surface area contributed by atoms with Crippen molar-refractivity contribution < 1.29 is 28.7 Å². The summed E-state index contributed by atoms with van der Waals surface area (Å²) < 4.78 is 15.4. The summed E-state index contributed by atoms with van der Waals surface area (Å²) in [6, 6.07) is 11.0. The molecule has 0 atom stereocenters. The third-order valence-corrected chi connectivity index (χ3v) is 3.63. The minimum Gasteiger partial charge on any atom is -0.496 e. The van der Waals surface area contributed by atoms with Crippen molar-refractivity contribution in [1.29, 1.82) is 0 Å². The lowest BCUT2D eigenvalue weighted by molar-refractivity contribution is -0.496. The molecule has 0 aliphatic heterocycles. The normalized spacial score (nSPS) is 10.1. The van der Waals surface area contributed by atoms with E-state index in [9.17, 15) is 19.7 Å². The van der Waals surface area contributed by atoms with Crippen LogP contribution in [0, 0.1) is 10.1 Å². The van der Waals surface area contributed by atoms with Gasteiger partial charge in [-0.1, -0.05) is 12.1 Å². The second-order valence-electron chi connectivity index (χ2n) is 5.56. The van der Waals surface area contributed by atoms with E-state index in [-0.39, 0.29) is 24.5 Å². The second-order valence-corrected chi connectivity index (χ2v) is 5.56. The van der Waals surface area contributed by atoms with Crippen LogP contribution in [0.4, 0.5) is 5.69 Å². The molecular weight excluding hydrogens is 368 g/mol. The highest BCUT2D eigenvalue weighted by Crippen LogP contribution is 2.26. The standard InChI is InChI=1S/C19H20N2O7/c1-3-27-18(22)12-28-16-7-5-4-6-15(16)20-19(23)13-8-9-14(11-21(24)25)17(10-13)26-2/h4-10H,3,11-12H2,1-2H3,(H,20,23). The molecule has 0 aliphatic rings. The maximum Gasteiger partial charge on any atom is 0.344 e. The highest BCUT2D eigenvalue weighted by Gasteiger charge is 2.15. The minimum atomic E-state index is -0.519. The van der Waals surface area contributed by atoms with E-state index in [1.807, 2.05) is 0 Å². The molecule has 9 nitrogen and oxygen atoms in total. The van der Waals surface area contributed by atoms with Gasteiger partial charge in [0.25, 0.3) is 5.91 Å². The van der Waals surface area contributed by atoms with Gasteiger partial charge in [0.1, 0.15) is 11.5 Å². The Labute approximate surface area is 161 Å². The van der Waals surface area contributed by atoms with Crippen molar-refractivity contribution >= 4 is 17.6 Å². The average molecular weight is 388 g/mol. The number of nitrogens with one attached hydrogen (secondary N) is 1. The van der Waals surface area contributed by atoms with Crippen LogP contribution in [0.15, 0.2) is 42.5 Å². The number of carbonyl (C=O) groups is 2. The van der Waals surface area contributed by atoms with Gasteiger partial charge < -0.3 is 19.5 Å². The first-order valence-electron chi connectivity index (χ1n) is 8.42. The Balaban J connectivity index is 2.14. The fourth-order valence-corrected chi connectivity index (χ4v) is 2.39. The van der Waals surface area contributed by atoms with E-state index in [0.29, 0.717) is 17.0 Å². The van der Waals surface area contributed by atoms with Gasteiger partial charge in [-0.3, -0.25) is 14.9 Å². The fourth-order valence-electron chi connectivity index (χ4n) is 2.39. The maximum absolute atomic E-state index is 12.6. The summed E-state index contributed by atoms with van der Waals surface area (Å²) in [6.07, 6.45) is 0. The van der Waals surface area contributed by atoms with E-state index in [1.54, 1.807) is 31.2 Å². The molecule has 28 heavy (non-hydrogen) atoms. The van der Waals surface area contributed by atoms with E-state index >= 15 is 0 Å². The Hall–Kier alpha value is -3.62. The second kappa shape index (κ2) is 9.91. The fraction of sp³-hybridized carbons (Fsp3) is 0.263. The molecule has 1 amide bonds. The van der Waals surface area contributed by atoms with Crippen molar-refractivity contribution in [2.45, 2.75) is 13.5 Å². The highest BCUT2D eigenvalue weighted by atomic mass is 16.6. The molecule has 0 bridgehead atoms. The topological polar surface area (TPSA) is 117 Å². The van der Waals surface area contributed by atoms with E-state index in [1.165, 1.54) is 25.3 Å². The number of benzene rings is 2. The van der Waals surface area contributed by atoms with E-state index in [0.717, 1.165) is 0 Å². The Bertz CT molecular complexity index is 867. The van der Waals surface area contributed by atoms with Gasteiger partial charge in [0.2, 0.25) is 6.54 Å². The first-order chi connectivity index (χ1) is 13.4. The SMILES string of the molecule is CCOC(=O)COc1ccccc1NC(=O)c1ccc(C[N+](=O)[O-])c(OC)c1. The van der Waals surface area contributed by atoms with E-state index in [4.69, 9.17) is 14.2 Å². The summed E-state index contributed by atoms with van der Waals surface area (Å²) in [5, 5.41) is 13.4. The molecule has 0 heterocycles. The number of methoxy groups -OCH3 is 1. The van der Waals surface area contributed by atoms with Crippen molar-refractivity contribution in [2.24, 2.45) is 0 Å². The predicted molar refractivity (Wildman–Crippen MR) is 100 cm³/mol.